The summed E-state index contributed by atoms with van der Waals surface area (Å²) < 4.78 is 5.66. The van der Waals surface area contributed by atoms with Gasteiger partial charge in [-0.15, -0.1) is 11.8 Å². The predicted molar refractivity (Wildman–Crippen MR) is 125 cm³/mol. The number of hydrogen-bond donors (Lipinski definition) is 1. The Morgan fingerprint density at radius 2 is 1.68 bits per heavy atom. The summed E-state index contributed by atoms with van der Waals surface area (Å²) in [6.45, 7) is 4.50. The molecule has 1 heterocycles. The molecule has 166 valence electrons. The average molecular weight is 442 g/mol. The lowest BCUT2D eigenvalue weighted by molar-refractivity contribution is -0.128. The topological polar surface area (TPSA) is 61.9 Å². The Hall–Kier alpha value is -2.51. The van der Waals surface area contributed by atoms with E-state index in [0.717, 1.165) is 43.1 Å². The van der Waals surface area contributed by atoms with Gasteiger partial charge >= 0.3 is 0 Å². The Balaban J connectivity index is 1.29. The van der Waals surface area contributed by atoms with Gasteiger partial charge in [0.1, 0.15) is 5.75 Å². The summed E-state index contributed by atoms with van der Waals surface area (Å²) in [5.74, 6) is 2.30. The first kappa shape index (κ1) is 23.2. The summed E-state index contributed by atoms with van der Waals surface area (Å²) in [6, 6.07) is 19.6. The van der Waals surface area contributed by atoms with E-state index in [2.05, 4.69) is 10.2 Å². The predicted octanol–water partition coefficient (Wildman–Crippen LogP) is 2.65. The summed E-state index contributed by atoms with van der Waals surface area (Å²) >= 11 is 1.60. The second-order valence-electron chi connectivity index (χ2n) is 7.49. The van der Waals surface area contributed by atoms with Crippen LogP contribution in [-0.4, -0.2) is 72.5 Å². The van der Waals surface area contributed by atoms with Gasteiger partial charge in [0, 0.05) is 38.5 Å². The van der Waals surface area contributed by atoms with Crippen LogP contribution in [-0.2, 0) is 16.1 Å². The molecule has 31 heavy (non-hydrogen) atoms. The molecule has 2 aromatic carbocycles. The van der Waals surface area contributed by atoms with Crippen LogP contribution >= 0.6 is 11.8 Å². The van der Waals surface area contributed by atoms with Gasteiger partial charge in [0.2, 0.25) is 11.8 Å². The minimum atomic E-state index is 0.0256. The molecule has 2 amide bonds. The van der Waals surface area contributed by atoms with Gasteiger partial charge in [-0.1, -0.05) is 48.5 Å². The average Bonchev–Trinajstić information content (AvgIpc) is 3.04. The van der Waals surface area contributed by atoms with E-state index < -0.39 is 0 Å². The molecular formula is C24H31N3O3S. The van der Waals surface area contributed by atoms with Crippen LogP contribution in [0.1, 0.15) is 12.0 Å². The third-order valence-corrected chi connectivity index (χ3v) is 6.01. The van der Waals surface area contributed by atoms with Crippen LogP contribution < -0.4 is 10.1 Å². The molecule has 1 saturated heterocycles. The molecule has 0 radical (unpaired) electrons. The van der Waals surface area contributed by atoms with Gasteiger partial charge in [-0.25, -0.2) is 0 Å². The van der Waals surface area contributed by atoms with Gasteiger partial charge in [-0.3, -0.25) is 14.5 Å². The molecule has 0 aromatic heterocycles. The first-order chi connectivity index (χ1) is 15.2. The smallest absolute Gasteiger partial charge is 0.234 e. The lowest BCUT2D eigenvalue weighted by Crippen LogP contribution is -2.40. The second kappa shape index (κ2) is 13.0. The van der Waals surface area contributed by atoms with E-state index in [1.54, 1.807) is 11.8 Å². The number of thioether (sulfide) groups is 1. The molecule has 0 unspecified atom stereocenters. The van der Waals surface area contributed by atoms with Gasteiger partial charge in [-0.2, -0.15) is 0 Å². The molecular weight excluding hydrogens is 410 g/mol. The molecule has 6 nitrogen and oxygen atoms in total. The Bertz CT molecular complexity index is 804. The first-order valence-electron chi connectivity index (χ1n) is 10.8. The Morgan fingerprint density at radius 1 is 0.935 bits per heavy atom. The van der Waals surface area contributed by atoms with E-state index >= 15 is 0 Å². The summed E-state index contributed by atoms with van der Waals surface area (Å²) in [7, 11) is 0. The number of benzene rings is 2. The van der Waals surface area contributed by atoms with Gasteiger partial charge in [0.05, 0.1) is 18.9 Å². The van der Waals surface area contributed by atoms with Crippen LogP contribution in [0.4, 0.5) is 0 Å². The number of nitrogens with zero attached hydrogens (tertiary/aromatic N) is 2. The molecule has 2 aromatic rings. The normalized spacial score (nSPS) is 14.6. The van der Waals surface area contributed by atoms with E-state index in [1.807, 2.05) is 65.6 Å². The Labute approximate surface area is 188 Å². The second-order valence-corrected chi connectivity index (χ2v) is 8.59. The summed E-state index contributed by atoms with van der Waals surface area (Å²) in [5, 5.41) is 2.98. The molecule has 1 fully saturated rings. The molecule has 1 aliphatic rings. The molecule has 1 aliphatic heterocycles. The maximum absolute atomic E-state index is 12.5. The van der Waals surface area contributed by atoms with Crippen molar-refractivity contribution in [2.75, 3.05) is 50.8 Å². The zero-order valence-corrected chi connectivity index (χ0v) is 18.7. The van der Waals surface area contributed by atoms with Crippen LogP contribution in [0.25, 0.3) is 0 Å². The third-order valence-electron chi connectivity index (χ3n) is 5.11. The highest BCUT2D eigenvalue weighted by Crippen LogP contribution is 2.11. The molecule has 0 spiro atoms. The molecule has 0 aliphatic carbocycles. The third kappa shape index (κ3) is 8.63. The molecule has 1 N–H and O–H groups in total. The van der Waals surface area contributed by atoms with Crippen molar-refractivity contribution < 1.29 is 14.3 Å². The van der Waals surface area contributed by atoms with Gasteiger partial charge in [0.15, 0.2) is 0 Å². The molecule has 3 rings (SSSR count). The van der Waals surface area contributed by atoms with E-state index in [4.69, 9.17) is 4.74 Å². The van der Waals surface area contributed by atoms with Gasteiger partial charge < -0.3 is 15.0 Å². The quantitative estimate of drug-likeness (QED) is 0.575. The van der Waals surface area contributed by atoms with Crippen molar-refractivity contribution in [3.05, 3.63) is 66.2 Å². The van der Waals surface area contributed by atoms with E-state index in [1.165, 1.54) is 0 Å². The Morgan fingerprint density at radius 3 is 2.45 bits per heavy atom. The number of carbonyl (C=O) groups excluding carboxylic acids is 2. The highest BCUT2D eigenvalue weighted by molar-refractivity contribution is 7.99. The number of nitrogens with one attached hydrogen (secondary N) is 1. The number of hydrogen-bond acceptors (Lipinski definition) is 5. The van der Waals surface area contributed by atoms with Crippen LogP contribution in [0.3, 0.4) is 0 Å². The Kier molecular flexibility index (Phi) is 9.73. The molecule has 0 saturated carbocycles. The van der Waals surface area contributed by atoms with Crippen molar-refractivity contribution in [2.24, 2.45) is 0 Å². The van der Waals surface area contributed by atoms with Crippen molar-refractivity contribution in [1.82, 2.24) is 15.1 Å². The molecule has 0 bridgehead atoms. The van der Waals surface area contributed by atoms with Crippen LogP contribution in [0, 0.1) is 0 Å². The number of amides is 2. The monoisotopic (exact) mass is 441 g/mol. The fraction of sp³-hybridized carbons (Fsp3) is 0.417. The zero-order chi connectivity index (χ0) is 21.7. The largest absolute Gasteiger partial charge is 0.493 e. The maximum atomic E-state index is 12.5. The fourth-order valence-electron chi connectivity index (χ4n) is 3.42. The van der Waals surface area contributed by atoms with E-state index in [-0.39, 0.29) is 11.8 Å². The summed E-state index contributed by atoms with van der Waals surface area (Å²) in [6.07, 6.45) is 0.888. The van der Waals surface area contributed by atoms with Crippen molar-refractivity contribution in [3.63, 3.8) is 0 Å². The standard InChI is InChI=1S/C24H31N3O3S/c28-23(25-18-21-8-3-1-4-9-21)19-26-12-7-13-27(15-14-26)24(29)20-31-17-16-30-22-10-5-2-6-11-22/h1-6,8-11H,7,12-20H2,(H,25,28). The van der Waals surface area contributed by atoms with Gasteiger partial charge in [0.25, 0.3) is 0 Å². The number of ether oxygens (including phenoxy) is 1. The van der Waals surface area contributed by atoms with Crippen molar-refractivity contribution in [3.8, 4) is 5.75 Å². The highest BCUT2D eigenvalue weighted by Gasteiger charge is 2.20. The lowest BCUT2D eigenvalue weighted by Gasteiger charge is -2.21. The number of carbonyl (C=O) groups is 2. The van der Waals surface area contributed by atoms with Gasteiger partial charge in [-0.05, 0) is 24.1 Å². The number of rotatable bonds is 10. The minimum Gasteiger partial charge on any atom is -0.493 e. The summed E-state index contributed by atoms with van der Waals surface area (Å²) in [5.41, 5.74) is 1.09. The lowest BCUT2D eigenvalue weighted by atomic mass is 10.2. The van der Waals surface area contributed by atoms with Crippen molar-refractivity contribution in [1.29, 1.82) is 0 Å². The zero-order valence-electron chi connectivity index (χ0n) is 17.9. The van der Waals surface area contributed by atoms with Crippen molar-refractivity contribution >= 4 is 23.6 Å². The van der Waals surface area contributed by atoms with Crippen molar-refractivity contribution in [2.45, 2.75) is 13.0 Å². The fourth-order valence-corrected chi connectivity index (χ4v) is 4.12. The van der Waals surface area contributed by atoms with Crippen LogP contribution in [0.2, 0.25) is 0 Å². The SMILES string of the molecule is O=C(CN1CCCN(C(=O)CSCCOc2ccccc2)CC1)NCc1ccccc1. The first-order valence-corrected chi connectivity index (χ1v) is 11.9. The highest BCUT2D eigenvalue weighted by atomic mass is 32.2. The number of para-hydroxylation sites is 1. The van der Waals surface area contributed by atoms with E-state index in [9.17, 15) is 9.59 Å². The molecule has 7 heteroatoms. The molecule has 0 atom stereocenters. The maximum Gasteiger partial charge on any atom is 0.234 e. The van der Waals surface area contributed by atoms with Crippen LogP contribution in [0.5, 0.6) is 5.75 Å². The van der Waals surface area contributed by atoms with E-state index in [0.29, 0.717) is 32.0 Å². The van der Waals surface area contributed by atoms with Crippen LogP contribution in [0.15, 0.2) is 60.7 Å². The minimum absolute atomic E-state index is 0.0256. The summed E-state index contributed by atoms with van der Waals surface area (Å²) in [4.78, 5) is 28.9.